The van der Waals surface area contributed by atoms with Crippen molar-refractivity contribution in [3.8, 4) is 0 Å². The van der Waals surface area contributed by atoms with Crippen LogP contribution in [0.25, 0.3) is 0 Å². The van der Waals surface area contributed by atoms with Crippen molar-refractivity contribution in [2.75, 3.05) is 33.5 Å². The van der Waals surface area contributed by atoms with Crippen LogP contribution < -0.4 is 5.32 Å². The lowest BCUT2D eigenvalue weighted by Gasteiger charge is -2.20. The van der Waals surface area contributed by atoms with E-state index in [1.165, 1.54) is 5.69 Å². The lowest BCUT2D eigenvalue weighted by Crippen LogP contribution is -2.25. The fourth-order valence-electron chi connectivity index (χ4n) is 2.19. The van der Waals surface area contributed by atoms with Crippen LogP contribution >= 0.6 is 15.9 Å². The van der Waals surface area contributed by atoms with E-state index in [0.717, 1.165) is 43.6 Å². The molecule has 0 radical (unpaired) electrons. The first kappa shape index (κ1) is 17.6. The Morgan fingerprint density at radius 3 is 2.85 bits per heavy atom. The Morgan fingerprint density at radius 1 is 1.40 bits per heavy atom. The third-order valence-electron chi connectivity index (χ3n) is 3.11. The van der Waals surface area contributed by atoms with Gasteiger partial charge < -0.3 is 14.8 Å². The number of methoxy groups -OCH3 is 1. The Balaban J connectivity index is 2.70. The van der Waals surface area contributed by atoms with Gasteiger partial charge in [-0.3, -0.25) is 4.68 Å². The average molecular weight is 348 g/mol. The van der Waals surface area contributed by atoms with Crippen LogP contribution in [0, 0.1) is 0 Å². The van der Waals surface area contributed by atoms with E-state index >= 15 is 0 Å². The SMILES string of the molecule is CCNC(CCCOCC)c1c(Br)cnn1CCOC. The normalized spacial score (nSPS) is 12.8. The van der Waals surface area contributed by atoms with Crippen molar-refractivity contribution >= 4 is 15.9 Å². The maximum Gasteiger partial charge on any atom is 0.0696 e. The van der Waals surface area contributed by atoms with Crippen molar-refractivity contribution in [2.45, 2.75) is 39.3 Å². The summed E-state index contributed by atoms with van der Waals surface area (Å²) in [5.74, 6) is 0. The molecule has 1 aromatic rings. The van der Waals surface area contributed by atoms with Gasteiger partial charge in [0, 0.05) is 20.3 Å². The number of nitrogens with zero attached hydrogens (tertiary/aromatic N) is 2. The first-order valence-corrected chi connectivity index (χ1v) is 8.05. The van der Waals surface area contributed by atoms with Gasteiger partial charge in [-0.1, -0.05) is 6.92 Å². The fourth-order valence-corrected chi connectivity index (χ4v) is 2.76. The molecule has 0 saturated carbocycles. The van der Waals surface area contributed by atoms with Crippen LogP contribution in [-0.4, -0.2) is 43.3 Å². The third kappa shape index (κ3) is 5.52. The molecular formula is C14H26BrN3O2. The number of ether oxygens (including phenoxy) is 2. The predicted octanol–water partition coefficient (Wildman–Crippen LogP) is 2.76. The molecule has 0 spiro atoms. The van der Waals surface area contributed by atoms with Crippen LogP contribution in [0.4, 0.5) is 0 Å². The lowest BCUT2D eigenvalue weighted by molar-refractivity contribution is 0.140. The topological polar surface area (TPSA) is 48.3 Å². The Kier molecular flexibility index (Phi) is 9.09. The third-order valence-corrected chi connectivity index (χ3v) is 3.72. The smallest absolute Gasteiger partial charge is 0.0696 e. The summed E-state index contributed by atoms with van der Waals surface area (Å²) in [6.07, 6.45) is 3.93. The highest BCUT2D eigenvalue weighted by Gasteiger charge is 2.19. The molecule has 0 aliphatic carbocycles. The van der Waals surface area contributed by atoms with Crippen LogP contribution in [-0.2, 0) is 16.0 Å². The summed E-state index contributed by atoms with van der Waals surface area (Å²) >= 11 is 3.61. The van der Waals surface area contributed by atoms with Crippen LogP contribution in [0.5, 0.6) is 0 Å². The molecule has 1 unspecified atom stereocenters. The van der Waals surface area contributed by atoms with Crippen LogP contribution in [0.2, 0.25) is 0 Å². The first-order valence-electron chi connectivity index (χ1n) is 7.25. The molecule has 1 N–H and O–H groups in total. The highest BCUT2D eigenvalue weighted by Crippen LogP contribution is 2.26. The van der Waals surface area contributed by atoms with Crippen molar-refractivity contribution in [3.05, 3.63) is 16.4 Å². The molecule has 0 aliphatic heterocycles. The van der Waals surface area contributed by atoms with Gasteiger partial charge in [-0.15, -0.1) is 0 Å². The second kappa shape index (κ2) is 10.3. The summed E-state index contributed by atoms with van der Waals surface area (Å²) in [6, 6.07) is 0.286. The molecule has 0 aromatic carbocycles. The second-order valence-corrected chi connectivity index (χ2v) is 5.40. The maximum atomic E-state index is 5.42. The number of hydrogen-bond acceptors (Lipinski definition) is 4. The summed E-state index contributed by atoms with van der Waals surface area (Å²) in [4.78, 5) is 0. The summed E-state index contributed by atoms with van der Waals surface area (Å²) in [7, 11) is 1.71. The Bertz CT molecular complexity index is 371. The van der Waals surface area contributed by atoms with Gasteiger partial charge in [-0.05, 0) is 42.2 Å². The van der Waals surface area contributed by atoms with Gasteiger partial charge in [0.15, 0.2) is 0 Å². The first-order chi connectivity index (χ1) is 9.74. The molecule has 1 heterocycles. The number of aromatic nitrogens is 2. The van der Waals surface area contributed by atoms with Gasteiger partial charge in [0.05, 0.1) is 35.6 Å². The highest BCUT2D eigenvalue weighted by atomic mass is 79.9. The molecule has 1 atom stereocenters. The molecule has 1 rings (SSSR count). The quantitative estimate of drug-likeness (QED) is 0.625. The van der Waals surface area contributed by atoms with E-state index < -0.39 is 0 Å². The zero-order valence-corrected chi connectivity index (χ0v) is 14.3. The van der Waals surface area contributed by atoms with Crippen molar-refractivity contribution < 1.29 is 9.47 Å². The Morgan fingerprint density at radius 2 is 2.20 bits per heavy atom. The zero-order valence-electron chi connectivity index (χ0n) is 12.7. The predicted molar refractivity (Wildman–Crippen MR) is 83.9 cm³/mol. The number of halogens is 1. The van der Waals surface area contributed by atoms with Crippen LogP contribution in [0.1, 0.15) is 38.4 Å². The summed E-state index contributed by atoms with van der Waals surface area (Å²) in [5, 5.41) is 7.95. The minimum Gasteiger partial charge on any atom is -0.383 e. The highest BCUT2D eigenvalue weighted by molar-refractivity contribution is 9.10. The van der Waals surface area contributed by atoms with Gasteiger partial charge >= 0.3 is 0 Å². The molecule has 20 heavy (non-hydrogen) atoms. The summed E-state index contributed by atoms with van der Waals surface area (Å²) < 4.78 is 13.6. The Labute approximate surface area is 130 Å². The molecule has 1 aromatic heterocycles. The van der Waals surface area contributed by atoms with Crippen molar-refractivity contribution in [1.29, 1.82) is 0 Å². The van der Waals surface area contributed by atoms with E-state index in [1.807, 2.05) is 17.8 Å². The maximum absolute atomic E-state index is 5.42. The van der Waals surface area contributed by atoms with Crippen molar-refractivity contribution in [2.24, 2.45) is 0 Å². The number of hydrogen-bond donors (Lipinski definition) is 1. The van der Waals surface area contributed by atoms with Crippen LogP contribution in [0.15, 0.2) is 10.7 Å². The number of rotatable bonds is 11. The monoisotopic (exact) mass is 347 g/mol. The van der Waals surface area contributed by atoms with Gasteiger partial charge in [-0.2, -0.15) is 5.10 Å². The molecule has 0 bridgehead atoms. The average Bonchev–Trinajstić information content (AvgIpc) is 2.81. The molecule has 0 fully saturated rings. The number of nitrogens with one attached hydrogen (secondary N) is 1. The van der Waals surface area contributed by atoms with E-state index in [-0.39, 0.29) is 6.04 Å². The van der Waals surface area contributed by atoms with E-state index in [2.05, 4.69) is 33.3 Å². The molecule has 0 aliphatic rings. The molecule has 116 valence electrons. The van der Waals surface area contributed by atoms with Crippen molar-refractivity contribution in [3.63, 3.8) is 0 Å². The van der Waals surface area contributed by atoms with Crippen molar-refractivity contribution in [1.82, 2.24) is 15.1 Å². The van der Waals surface area contributed by atoms with E-state index in [4.69, 9.17) is 9.47 Å². The minimum atomic E-state index is 0.286. The largest absolute Gasteiger partial charge is 0.383 e. The van der Waals surface area contributed by atoms with Crippen LogP contribution in [0.3, 0.4) is 0 Å². The van der Waals surface area contributed by atoms with E-state index in [0.29, 0.717) is 6.61 Å². The lowest BCUT2D eigenvalue weighted by atomic mass is 10.1. The second-order valence-electron chi connectivity index (χ2n) is 4.54. The molecular weight excluding hydrogens is 322 g/mol. The van der Waals surface area contributed by atoms with E-state index in [1.54, 1.807) is 7.11 Å². The molecule has 0 amide bonds. The molecule has 0 saturated heterocycles. The summed E-state index contributed by atoms with van der Waals surface area (Å²) in [5.41, 5.74) is 1.19. The van der Waals surface area contributed by atoms with Gasteiger partial charge in [0.2, 0.25) is 0 Å². The van der Waals surface area contributed by atoms with Gasteiger partial charge in [0.1, 0.15) is 0 Å². The minimum absolute atomic E-state index is 0.286. The standard InChI is InChI=1S/C14H26BrN3O2/c1-4-16-13(7-6-9-20-5-2)14-12(15)11-17-18(14)8-10-19-3/h11,13,16H,4-10H2,1-3H3. The van der Waals surface area contributed by atoms with Gasteiger partial charge in [0.25, 0.3) is 0 Å². The fraction of sp³-hybridized carbons (Fsp3) is 0.786. The molecule has 6 heteroatoms. The van der Waals surface area contributed by atoms with Gasteiger partial charge in [-0.25, -0.2) is 0 Å². The summed E-state index contributed by atoms with van der Waals surface area (Å²) in [6.45, 7) is 8.10. The van der Waals surface area contributed by atoms with E-state index in [9.17, 15) is 0 Å². The molecule has 5 nitrogen and oxygen atoms in total. The zero-order chi connectivity index (χ0) is 14.8. The Hall–Kier alpha value is -0.430.